The number of hydrogen-bond donors (Lipinski definition) is 2. The lowest BCUT2D eigenvalue weighted by Crippen LogP contribution is -2.47. The zero-order chi connectivity index (χ0) is 24.7. The molecular formula is C29H30N4O2S. The number of rotatable bonds is 8. The molecule has 0 radical (unpaired) electrons. The largest absolute Gasteiger partial charge is 0.386 e. The van der Waals surface area contributed by atoms with E-state index in [2.05, 4.69) is 22.4 Å². The first-order valence-corrected chi connectivity index (χ1v) is 13.4. The van der Waals surface area contributed by atoms with Gasteiger partial charge in [-0.05, 0) is 53.6 Å². The summed E-state index contributed by atoms with van der Waals surface area (Å²) in [5, 5.41) is 18.3. The number of carbonyl (C=O) groups excluding carboxylic acids is 1. The van der Waals surface area contributed by atoms with Gasteiger partial charge in [0.2, 0.25) is 5.95 Å². The molecule has 1 saturated heterocycles. The average molecular weight is 499 g/mol. The third kappa shape index (κ3) is 5.48. The number of nitrogens with one attached hydrogen (secondary N) is 1. The Hall–Kier alpha value is -3.55. The van der Waals surface area contributed by atoms with Crippen molar-refractivity contribution >= 4 is 23.2 Å². The highest BCUT2D eigenvalue weighted by atomic mass is 32.1. The van der Waals surface area contributed by atoms with Gasteiger partial charge >= 0.3 is 0 Å². The summed E-state index contributed by atoms with van der Waals surface area (Å²) in [5.41, 5.74) is 4.02. The van der Waals surface area contributed by atoms with Crippen LogP contribution in [-0.2, 0) is 6.42 Å². The smallest absolute Gasteiger partial charge is 0.258 e. The van der Waals surface area contributed by atoms with Gasteiger partial charge in [-0.15, -0.1) is 0 Å². The van der Waals surface area contributed by atoms with Crippen LogP contribution >= 0.6 is 11.3 Å². The fourth-order valence-corrected chi connectivity index (χ4v) is 5.45. The molecule has 1 fully saturated rings. The number of aliphatic hydroxyl groups excluding tert-OH is 1. The summed E-state index contributed by atoms with van der Waals surface area (Å²) in [4.78, 5) is 25.0. The number of benzene rings is 2. The van der Waals surface area contributed by atoms with Gasteiger partial charge in [-0.2, -0.15) is 11.3 Å². The number of piperidine rings is 1. The molecule has 1 amide bonds. The van der Waals surface area contributed by atoms with Gasteiger partial charge in [0.25, 0.3) is 5.91 Å². The van der Waals surface area contributed by atoms with Gasteiger partial charge < -0.3 is 15.3 Å². The third-order valence-electron chi connectivity index (χ3n) is 6.67. The van der Waals surface area contributed by atoms with Crippen LogP contribution in [-0.4, -0.2) is 45.0 Å². The topological polar surface area (TPSA) is 78.4 Å². The Morgan fingerprint density at radius 3 is 2.61 bits per heavy atom. The van der Waals surface area contributed by atoms with Crippen molar-refractivity contribution in [1.82, 2.24) is 14.9 Å². The molecule has 0 saturated carbocycles. The van der Waals surface area contributed by atoms with Crippen LogP contribution < -0.4 is 5.32 Å². The monoisotopic (exact) mass is 498 g/mol. The molecule has 2 aromatic carbocycles. The predicted octanol–water partition coefficient (Wildman–Crippen LogP) is 5.59. The van der Waals surface area contributed by atoms with Crippen LogP contribution in [0.3, 0.4) is 0 Å². The molecule has 1 aliphatic rings. The highest BCUT2D eigenvalue weighted by Crippen LogP contribution is 2.32. The van der Waals surface area contributed by atoms with Crippen LogP contribution in [0.2, 0.25) is 0 Å². The van der Waals surface area contributed by atoms with Crippen molar-refractivity contribution < 1.29 is 9.90 Å². The molecule has 36 heavy (non-hydrogen) atoms. The van der Waals surface area contributed by atoms with E-state index in [4.69, 9.17) is 4.98 Å². The molecule has 3 heterocycles. The molecule has 1 aliphatic heterocycles. The number of aliphatic hydroxyl groups is 1. The number of amides is 1. The number of nitrogens with zero attached hydrogens (tertiary/aromatic N) is 3. The van der Waals surface area contributed by atoms with Crippen molar-refractivity contribution in [3.05, 3.63) is 100 Å². The number of thiophene rings is 1. The van der Waals surface area contributed by atoms with Crippen LogP contribution in [0.5, 0.6) is 0 Å². The molecule has 6 nitrogen and oxygen atoms in total. The highest BCUT2D eigenvalue weighted by molar-refractivity contribution is 7.07. The van der Waals surface area contributed by atoms with Gasteiger partial charge in [-0.1, -0.05) is 60.7 Å². The van der Waals surface area contributed by atoms with Crippen LogP contribution in [0.25, 0.3) is 11.3 Å². The molecule has 0 aliphatic carbocycles. The quantitative estimate of drug-likeness (QED) is 0.331. The average Bonchev–Trinajstić information content (AvgIpc) is 3.49. The Balaban J connectivity index is 1.41. The van der Waals surface area contributed by atoms with E-state index in [0.29, 0.717) is 30.3 Å². The molecule has 2 atom stereocenters. The molecule has 7 heteroatoms. The van der Waals surface area contributed by atoms with Crippen molar-refractivity contribution in [3.8, 4) is 11.3 Å². The summed E-state index contributed by atoms with van der Waals surface area (Å²) < 4.78 is 0. The fraction of sp³-hybridized carbons (Fsp3) is 0.276. The zero-order valence-electron chi connectivity index (χ0n) is 20.1. The van der Waals surface area contributed by atoms with E-state index in [0.717, 1.165) is 36.8 Å². The predicted molar refractivity (Wildman–Crippen MR) is 144 cm³/mol. The van der Waals surface area contributed by atoms with Crippen LogP contribution in [0.4, 0.5) is 5.95 Å². The Morgan fingerprint density at radius 2 is 1.86 bits per heavy atom. The van der Waals surface area contributed by atoms with E-state index in [1.165, 1.54) is 5.56 Å². The summed E-state index contributed by atoms with van der Waals surface area (Å²) in [6.45, 7) is 1.29. The van der Waals surface area contributed by atoms with E-state index in [1.807, 2.05) is 70.3 Å². The lowest BCUT2D eigenvalue weighted by Gasteiger charge is -2.38. The Labute approximate surface area is 215 Å². The SMILES string of the molecule is O=C(c1cnc(NCCc2ccccc2)nc1-c1ccccc1)N1CCCCC1C(O)c1ccsc1. The number of hydrogen-bond acceptors (Lipinski definition) is 6. The minimum atomic E-state index is -0.708. The molecular weight excluding hydrogens is 468 g/mol. The third-order valence-corrected chi connectivity index (χ3v) is 7.37. The highest BCUT2D eigenvalue weighted by Gasteiger charge is 2.34. The minimum Gasteiger partial charge on any atom is -0.386 e. The zero-order valence-corrected chi connectivity index (χ0v) is 20.9. The maximum atomic E-state index is 13.9. The minimum absolute atomic E-state index is 0.135. The van der Waals surface area contributed by atoms with E-state index in [-0.39, 0.29) is 11.9 Å². The molecule has 4 aromatic rings. The first kappa shape index (κ1) is 24.2. The molecule has 2 aromatic heterocycles. The van der Waals surface area contributed by atoms with Crippen molar-refractivity contribution in [2.75, 3.05) is 18.4 Å². The molecule has 0 spiro atoms. The van der Waals surface area contributed by atoms with Crippen molar-refractivity contribution in [2.24, 2.45) is 0 Å². The lowest BCUT2D eigenvalue weighted by atomic mass is 9.93. The summed E-state index contributed by atoms with van der Waals surface area (Å²) >= 11 is 1.55. The maximum Gasteiger partial charge on any atom is 0.258 e. The summed E-state index contributed by atoms with van der Waals surface area (Å²) in [6.07, 6.45) is 4.44. The van der Waals surface area contributed by atoms with Gasteiger partial charge in [0.15, 0.2) is 0 Å². The lowest BCUT2D eigenvalue weighted by molar-refractivity contribution is 0.0213. The van der Waals surface area contributed by atoms with Crippen molar-refractivity contribution in [1.29, 1.82) is 0 Å². The number of carbonyl (C=O) groups is 1. The molecule has 5 rings (SSSR count). The van der Waals surface area contributed by atoms with Crippen molar-refractivity contribution in [3.63, 3.8) is 0 Å². The number of aromatic nitrogens is 2. The first-order valence-electron chi connectivity index (χ1n) is 12.4. The standard InChI is InChI=1S/C29H30N4O2S/c34-27(23-15-18-36-20-23)25-13-7-8-17-33(25)28(35)24-19-31-29(30-16-14-21-9-3-1-4-10-21)32-26(24)22-11-5-2-6-12-22/h1-6,9-12,15,18-20,25,27,34H,7-8,13-14,16-17H2,(H,30,31,32). The molecule has 184 valence electrons. The normalized spacial score (nSPS) is 16.5. The van der Waals surface area contributed by atoms with Gasteiger partial charge in [0.05, 0.1) is 17.3 Å². The molecule has 2 unspecified atom stereocenters. The Morgan fingerprint density at radius 1 is 1.08 bits per heavy atom. The second-order valence-electron chi connectivity index (χ2n) is 9.05. The molecule has 2 N–H and O–H groups in total. The van der Waals surface area contributed by atoms with Crippen LogP contribution in [0, 0.1) is 0 Å². The van der Waals surface area contributed by atoms with Gasteiger partial charge in [0, 0.05) is 24.8 Å². The summed E-state index contributed by atoms with van der Waals surface area (Å²) in [6, 6.07) is 21.7. The fourth-order valence-electron chi connectivity index (χ4n) is 4.76. The van der Waals surface area contributed by atoms with E-state index in [9.17, 15) is 9.90 Å². The van der Waals surface area contributed by atoms with Crippen LogP contribution in [0.15, 0.2) is 83.7 Å². The van der Waals surface area contributed by atoms with Gasteiger partial charge in [0.1, 0.15) is 6.10 Å². The second-order valence-corrected chi connectivity index (χ2v) is 9.83. The Kier molecular flexibility index (Phi) is 7.69. The Bertz CT molecular complexity index is 1270. The van der Waals surface area contributed by atoms with Gasteiger partial charge in [-0.25, -0.2) is 9.97 Å². The van der Waals surface area contributed by atoms with E-state index < -0.39 is 6.10 Å². The number of likely N-dealkylation sites (tertiary alicyclic amines) is 1. The summed E-state index contributed by atoms with van der Waals surface area (Å²) in [5.74, 6) is 0.360. The van der Waals surface area contributed by atoms with Gasteiger partial charge in [-0.3, -0.25) is 4.79 Å². The first-order chi connectivity index (χ1) is 17.7. The number of anilines is 1. The van der Waals surface area contributed by atoms with E-state index >= 15 is 0 Å². The summed E-state index contributed by atoms with van der Waals surface area (Å²) in [7, 11) is 0. The van der Waals surface area contributed by atoms with Crippen molar-refractivity contribution in [2.45, 2.75) is 37.8 Å². The van der Waals surface area contributed by atoms with E-state index in [1.54, 1.807) is 17.5 Å². The maximum absolute atomic E-state index is 13.9. The molecule has 0 bridgehead atoms. The second kappa shape index (κ2) is 11.5. The van der Waals surface area contributed by atoms with Crippen LogP contribution in [0.1, 0.15) is 46.9 Å².